The molecule has 0 saturated carbocycles. The van der Waals surface area contributed by atoms with Crippen LogP contribution < -0.4 is 51.4 Å². The second-order valence-corrected chi connectivity index (χ2v) is 8.61. The van der Waals surface area contributed by atoms with E-state index in [-0.39, 0.29) is 11.7 Å². The van der Waals surface area contributed by atoms with Crippen LogP contribution in [0.15, 0.2) is 70.9 Å². The summed E-state index contributed by atoms with van der Waals surface area (Å²) in [5.41, 5.74) is 28.2. The smallest absolute Gasteiger partial charge is 0.203 e. The summed E-state index contributed by atoms with van der Waals surface area (Å²) in [6.07, 6.45) is 2.89. The van der Waals surface area contributed by atoms with Crippen LogP contribution in [0.25, 0.3) is 11.4 Å². The molecule has 0 spiro atoms. The minimum atomic E-state index is 0.215. The summed E-state index contributed by atoms with van der Waals surface area (Å²) in [5, 5.41) is 0. The fourth-order valence-corrected chi connectivity index (χ4v) is 3.91. The zero-order valence-electron chi connectivity index (χ0n) is 24.4. The number of aliphatic imine (C=N–C) groups is 2. The maximum Gasteiger partial charge on any atom is 0.203 e. The molecule has 0 unspecified atom stereocenters. The monoisotopic (exact) mass is 576 g/mol. The molecule has 0 aliphatic rings. The lowest BCUT2D eigenvalue weighted by Gasteiger charge is -2.14. The van der Waals surface area contributed by atoms with Crippen LogP contribution in [0.4, 0.5) is 0 Å². The van der Waals surface area contributed by atoms with Gasteiger partial charge in [-0.1, -0.05) is 18.2 Å². The number of hydrogen-bond acceptors (Lipinski definition) is 10. The Bertz CT molecular complexity index is 1390. The van der Waals surface area contributed by atoms with E-state index in [1.165, 1.54) is 55.1 Å². The van der Waals surface area contributed by atoms with Crippen LogP contribution in [0.5, 0.6) is 34.5 Å². The van der Waals surface area contributed by atoms with Gasteiger partial charge in [-0.05, 0) is 30.3 Å². The third-order valence-electron chi connectivity index (χ3n) is 6.14. The first-order valence-electron chi connectivity index (χ1n) is 12.5. The van der Waals surface area contributed by atoms with E-state index in [0.717, 1.165) is 0 Å². The molecule has 0 fully saturated rings. The molecule has 8 N–H and O–H groups in total. The lowest BCUT2D eigenvalue weighted by atomic mass is 10.1. The summed E-state index contributed by atoms with van der Waals surface area (Å²) in [5.74, 6) is 3.18. The molecule has 12 heteroatoms. The van der Waals surface area contributed by atoms with E-state index >= 15 is 0 Å². The van der Waals surface area contributed by atoms with Gasteiger partial charge in [0.1, 0.15) is 11.7 Å². The van der Waals surface area contributed by atoms with Crippen molar-refractivity contribution in [2.24, 2.45) is 32.9 Å². The quantitative estimate of drug-likeness (QED) is 0.184. The highest BCUT2D eigenvalue weighted by Gasteiger charge is 2.15. The molecule has 0 amide bonds. The van der Waals surface area contributed by atoms with Crippen molar-refractivity contribution in [2.45, 2.75) is 0 Å². The Hall–Kier alpha value is -5.52. The summed E-state index contributed by atoms with van der Waals surface area (Å²) in [6.45, 7) is 0. The molecule has 3 aromatic carbocycles. The molecule has 42 heavy (non-hydrogen) atoms. The number of methoxy groups -OCH3 is 6. The fourth-order valence-electron chi connectivity index (χ4n) is 3.91. The summed E-state index contributed by atoms with van der Waals surface area (Å²) in [6, 6.07) is 14.0. The van der Waals surface area contributed by atoms with Crippen LogP contribution in [0.1, 0.15) is 22.3 Å². The molecule has 3 aromatic rings. The van der Waals surface area contributed by atoms with E-state index < -0.39 is 0 Å². The van der Waals surface area contributed by atoms with E-state index in [2.05, 4.69) is 9.98 Å². The Balaban J connectivity index is 1.87. The number of nitrogens with zero attached hydrogens (tertiary/aromatic N) is 2. The van der Waals surface area contributed by atoms with Gasteiger partial charge in [-0.2, -0.15) is 0 Å². The van der Waals surface area contributed by atoms with Gasteiger partial charge < -0.3 is 51.4 Å². The van der Waals surface area contributed by atoms with Crippen LogP contribution in [0.2, 0.25) is 0 Å². The Kier molecular flexibility index (Phi) is 10.5. The van der Waals surface area contributed by atoms with Crippen molar-refractivity contribution in [3.05, 3.63) is 83.2 Å². The SMILES string of the molecule is COc1cc(/C(N)=C/N=C(N)c2cccc(C(N)=N/C=C(\N)c3cc(OC)c(OC)c(OC)c3)c2)cc(OC)c1OC. The van der Waals surface area contributed by atoms with E-state index in [4.69, 9.17) is 51.4 Å². The number of ether oxygens (including phenoxy) is 6. The van der Waals surface area contributed by atoms with Crippen molar-refractivity contribution >= 4 is 23.1 Å². The van der Waals surface area contributed by atoms with Gasteiger partial charge in [0.15, 0.2) is 23.0 Å². The predicted molar refractivity (Wildman–Crippen MR) is 164 cm³/mol. The molecule has 0 aliphatic heterocycles. The second kappa shape index (κ2) is 14.2. The molecule has 0 bridgehead atoms. The van der Waals surface area contributed by atoms with Crippen molar-refractivity contribution in [1.29, 1.82) is 0 Å². The largest absolute Gasteiger partial charge is 0.493 e. The lowest BCUT2D eigenvalue weighted by Crippen LogP contribution is -2.17. The van der Waals surface area contributed by atoms with E-state index in [9.17, 15) is 0 Å². The van der Waals surface area contributed by atoms with Gasteiger partial charge in [-0.3, -0.25) is 0 Å². The summed E-state index contributed by atoms with van der Waals surface area (Å²) in [7, 11) is 9.15. The molecule has 0 saturated heterocycles. The lowest BCUT2D eigenvalue weighted by molar-refractivity contribution is 0.324. The first kappa shape index (κ1) is 31.0. The van der Waals surface area contributed by atoms with Crippen molar-refractivity contribution < 1.29 is 28.4 Å². The highest BCUT2D eigenvalue weighted by atomic mass is 16.5. The maximum absolute atomic E-state index is 6.27. The topological polar surface area (TPSA) is 184 Å². The van der Waals surface area contributed by atoms with Gasteiger partial charge >= 0.3 is 0 Å². The predicted octanol–water partition coefficient (Wildman–Crippen LogP) is 3.06. The Labute approximate surface area is 244 Å². The van der Waals surface area contributed by atoms with Crippen LogP contribution in [0.3, 0.4) is 0 Å². The Morgan fingerprint density at radius 1 is 0.500 bits per heavy atom. The first-order chi connectivity index (χ1) is 20.2. The number of hydrogen-bond donors (Lipinski definition) is 4. The molecule has 0 atom stereocenters. The Morgan fingerprint density at radius 3 is 1.12 bits per heavy atom. The molecule has 0 radical (unpaired) electrons. The van der Waals surface area contributed by atoms with Crippen molar-refractivity contribution in [3.63, 3.8) is 0 Å². The average Bonchev–Trinajstić information content (AvgIpc) is 3.03. The summed E-state index contributed by atoms with van der Waals surface area (Å²) < 4.78 is 32.3. The number of nitrogens with two attached hydrogens (primary N) is 4. The molecule has 222 valence electrons. The van der Waals surface area contributed by atoms with Gasteiger partial charge in [-0.25, -0.2) is 9.98 Å². The second-order valence-electron chi connectivity index (χ2n) is 8.61. The minimum absolute atomic E-state index is 0.215. The van der Waals surface area contributed by atoms with E-state index in [0.29, 0.717) is 68.1 Å². The van der Waals surface area contributed by atoms with Gasteiger partial charge in [-0.15, -0.1) is 0 Å². The minimum Gasteiger partial charge on any atom is -0.493 e. The number of amidine groups is 2. The molecule has 0 heterocycles. The van der Waals surface area contributed by atoms with Crippen LogP contribution in [-0.4, -0.2) is 54.3 Å². The van der Waals surface area contributed by atoms with Gasteiger partial charge in [0.2, 0.25) is 11.5 Å². The van der Waals surface area contributed by atoms with Crippen molar-refractivity contribution in [1.82, 2.24) is 0 Å². The van der Waals surface area contributed by atoms with Crippen LogP contribution in [0, 0.1) is 0 Å². The van der Waals surface area contributed by atoms with Gasteiger partial charge in [0, 0.05) is 22.3 Å². The summed E-state index contributed by atoms with van der Waals surface area (Å²) in [4.78, 5) is 8.67. The van der Waals surface area contributed by atoms with Crippen molar-refractivity contribution in [3.8, 4) is 34.5 Å². The molecular weight excluding hydrogens is 540 g/mol. The Morgan fingerprint density at radius 2 is 0.833 bits per heavy atom. The molecule has 0 aromatic heterocycles. The van der Waals surface area contributed by atoms with Crippen LogP contribution in [-0.2, 0) is 0 Å². The summed E-state index contributed by atoms with van der Waals surface area (Å²) >= 11 is 0. The fraction of sp³-hybridized carbons (Fsp3) is 0.200. The van der Waals surface area contributed by atoms with Gasteiger partial charge in [0.05, 0.1) is 66.5 Å². The normalized spacial score (nSPS) is 12.5. The first-order valence-corrected chi connectivity index (χ1v) is 12.5. The standard InChI is InChI=1S/C30H36N6O6/c1-37-23-11-19(12-24(38-2)27(23)41-5)21(31)15-35-29(33)17-8-7-9-18(10-17)30(34)36-16-22(32)20-13-25(39-3)28(42-6)26(14-20)40-4/h7-16H,31-32H2,1-6H3,(H2,33,35)(H2,34,36)/b21-15-,22-16-. The van der Waals surface area contributed by atoms with E-state index in [1.54, 1.807) is 48.5 Å². The maximum atomic E-state index is 6.27. The van der Waals surface area contributed by atoms with Crippen LogP contribution >= 0.6 is 0 Å². The van der Waals surface area contributed by atoms with Crippen molar-refractivity contribution in [2.75, 3.05) is 42.7 Å². The molecular formula is C30H36N6O6. The third kappa shape index (κ3) is 6.97. The highest BCUT2D eigenvalue weighted by molar-refractivity contribution is 6.03. The van der Waals surface area contributed by atoms with Gasteiger partial charge in [0.25, 0.3) is 0 Å². The zero-order chi connectivity index (χ0) is 30.8. The molecule has 12 nitrogen and oxygen atoms in total. The van der Waals surface area contributed by atoms with E-state index in [1.807, 2.05) is 0 Å². The zero-order valence-corrected chi connectivity index (χ0v) is 24.4. The molecule has 3 rings (SSSR count). The average molecular weight is 577 g/mol. The third-order valence-corrected chi connectivity index (χ3v) is 6.14. The number of benzene rings is 3. The molecule has 0 aliphatic carbocycles. The number of rotatable bonds is 12. The highest BCUT2D eigenvalue weighted by Crippen LogP contribution is 2.40.